The van der Waals surface area contributed by atoms with Crippen molar-refractivity contribution >= 4 is 17.9 Å². The number of hydrazine groups is 1. The summed E-state index contributed by atoms with van der Waals surface area (Å²) in [7, 11) is 0. The van der Waals surface area contributed by atoms with Crippen LogP contribution in [-0.4, -0.2) is 31.1 Å². The van der Waals surface area contributed by atoms with Gasteiger partial charge in [-0.3, -0.25) is 15.0 Å². The van der Waals surface area contributed by atoms with Crippen LogP contribution >= 0.6 is 0 Å². The highest BCUT2D eigenvalue weighted by Gasteiger charge is 2.51. The van der Waals surface area contributed by atoms with Crippen LogP contribution in [0.5, 0.6) is 0 Å². The number of amides is 3. The zero-order valence-corrected chi connectivity index (χ0v) is 14.2. The van der Waals surface area contributed by atoms with Crippen LogP contribution in [0.15, 0.2) is 0 Å². The molecule has 4 fully saturated rings. The third-order valence-corrected chi connectivity index (χ3v) is 5.73. The highest BCUT2D eigenvalue weighted by molar-refractivity contribution is 5.85. The summed E-state index contributed by atoms with van der Waals surface area (Å²) in [5.74, 6) is 1.88. The Balaban J connectivity index is 1.40. The number of carbonyl (C=O) groups is 3. The summed E-state index contributed by atoms with van der Waals surface area (Å²) in [5.41, 5.74) is 4.49. The Bertz CT molecular complexity index is 485. The minimum absolute atomic E-state index is 0.0664. The summed E-state index contributed by atoms with van der Waals surface area (Å²) >= 11 is 0. The van der Waals surface area contributed by atoms with Crippen LogP contribution < -0.4 is 16.2 Å². The number of carbonyl (C=O) groups excluding carboxylic acids is 3. The van der Waals surface area contributed by atoms with Gasteiger partial charge in [-0.25, -0.2) is 10.2 Å². The normalized spacial score (nSPS) is 33.0. The highest BCUT2D eigenvalue weighted by atomic mass is 16.5. The van der Waals surface area contributed by atoms with Crippen molar-refractivity contribution in [1.82, 2.24) is 16.2 Å². The molecule has 24 heavy (non-hydrogen) atoms. The molecular formula is C17H27N3O4. The highest BCUT2D eigenvalue weighted by Crippen LogP contribution is 2.61. The van der Waals surface area contributed by atoms with Crippen molar-refractivity contribution in [3.05, 3.63) is 0 Å². The molecule has 0 radical (unpaired) electrons. The van der Waals surface area contributed by atoms with E-state index in [1.807, 2.05) is 0 Å². The molecule has 0 aromatic heterocycles. The van der Waals surface area contributed by atoms with Gasteiger partial charge in [0.15, 0.2) is 0 Å². The summed E-state index contributed by atoms with van der Waals surface area (Å²) in [6.45, 7) is 1.76. The molecule has 0 aliphatic heterocycles. The SMILES string of the molecule is CCOC(=O)NNC(=O)CNC(=O)CC12CC3CC(CC(C3)C1)C2. The first-order valence-corrected chi connectivity index (χ1v) is 8.96. The lowest BCUT2D eigenvalue weighted by Gasteiger charge is -2.56. The van der Waals surface area contributed by atoms with Crippen molar-refractivity contribution in [2.75, 3.05) is 13.2 Å². The Labute approximate surface area is 142 Å². The number of hydrogen-bond acceptors (Lipinski definition) is 4. The van der Waals surface area contributed by atoms with Crippen LogP contribution in [0.3, 0.4) is 0 Å². The van der Waals surface area contributed by atoms with Crippen molar-refractivity contribution in [3.63, 3.8) is 0 Å². The van der Waals surface area contributed by atoms with Crippen LogP contribution in [0.25, 0.3) is 0 Å². The molecule has 3 amide bonds. The fraction of sp³-hybridized carbons (Fsp3) is 0.824. The third-order valence-electron chi connectivity index (χ3n) is 5.73. The Morgan fingerprint density at radius 2 is 1.54 bits per heavy atom. The maximum atomic E-state index is 12.3. The summed E-state index contributed by atoms with van der Waals surface area (Å²) in [4.78, 5) is 35.0. The second-order valence-electron chi connectivity index (χ2n) is 7.76. The minimum atomic E-state index is -0.717. The van der Waals surface area contributed by atoms with Crippen molar-refractivity contribution in [1.29, 1.82) is 0 Å². The number of rotatable bonds is 5. The van der Waals surface area contributed by atoms with Crippen molar-refractivity contribution < 1.29 is 19.1 Å². The predicted octanol–water partition coefficient (Wildman–Crippen LogP) is 1.49. The molecule has 0 spiro atoms. The average molecular weight is 337 g/mol. The van der Waals surface area contributed by atoms with E-state index >= 15 is 0 Å². The second kappa shape index (κ2) is 6.99. The van der Waals surface area contributed by atoms with E-state index in [2.05, 4.69) is 20.9 Å². The van der Waals surface area contributed by atoms with Gasteiger partial charge >= 0.3 is 6.09 Å². The van der Waals surface area contributed by atoms with Crippen LogP contribution in [0.1, 0.15) is 51.9 Å². The topological polar surface area (TPSA) is 96.5 Å². The molecule has 0 aromatic rings. The van der Waals surface area contributed by atoms with Gasteiger partial charge in [0, 0.05) is 6.42 Å². The number of nitrogens with one attached hydrogen (secondary N) is 3. The molecule has 3 N–H and O–H groups in total. The van der Waals surface area contributed by atoms with E-state index in [4.69, 9.17) is 0 Å². The first kappa shape index (κ1) is 17.0. The second-order valence-corrected chi connectivity index (χ2v) is 7.76. The van der Waals surface area contributed by atoms with E-state index in [1.165, 1.54) is 38.5 Å². The molecule has 4 saturated carbocycles. The van der Waals surface area contributed by atoms with Gasteiger partial charge in [0.25, 0.3) is 5.91 Å². The molecule has 0 atom stereocenters. The van der Waals surface area contributed by atoms with Crippen LogP contribution in [0.2, 0.25) is 0 Å². The van der Waals surface area contributed by atoms with E-state index in [9.17, 15) is 14.4 Å². The smallest absolute Gasteiger partial charge is 0.426 e. The molecule has 4 aliphatic rings. The van der Waals surface area contributed by atoms with Gasteiger partial charge in [0.05, 0.1) is 13.2 Å². The van der Waals surface area contributed by atoms with E-state index in [-0.39, 0.29) is 24.5 Å². The van der Waals surface area contributed by atoms with Crippen LogP contribution in [0.4, 0.5) is 4.79 Å². The first-order valence-electron chi connectivity index (χ1n) is 8.96. The van der Waals surface area contributed by atoms with Gasteiger partial charge in [0.1, 0.15) is 0 Å². The molecule has 0 aromatic carbocycles. The summed E-state index contributed by atoms with van der Waals surface area (Å²) in [6.07, 6.45) is 7.37. The van der Waals surface area contributed by atoms with Crippen molar-refractivity contribution in [3.8, 4) is 0 Å². The molecule has 0 saturated heterocycles. The molecule has 4 bridgehead atoms. The lowest BCUT2D eigenvalue weighted by Crippen LogP contribution is -2.49. The Morgan fingerprint density at radius 3 is 2.08 bits per heavy atom. The zero-order chi connectivity index (χ0) is 17.2. The van der Waals surface area contributed by atoms with Gasteiger partial charge < -0.3 is 10.1 Å². The van der Waals surface area contributed by atoms with Gasteiger partial charge in [-0.15, -0.1) is 0 Å². The Morgan fingerprint density at radius 1 is 0.958 bits per heavy atom. The molecule has 0 heterocycles. The summed E-state index contributed by atoms with van der Waals surface area (Å²) in [6, 6.07) is 0. The van der Waals surface area contributed by atoms with Gasteiger partial charge in [-0.1, -0.05) is 0 Å². The van der Waals surface area contributed by atoms with E-state index in [0.717, 1.165) is 17.8 Å². The van der Waals surface area contributed by atoms with E-state index < -0.39 is 12.0 Å². The van der Waals surface area contributed by atoms with Crippen LogP contribution in [0, 0.1) is 23.2 Å². The third kappa shape index (κ3) is 3.99. The quantitative estimate of drug-likeness (QED) is 0.662. The van der Waals surface area contributed by atoms with Gasteiger partial charge in [-0.2, -0.15) is 0 Å². The molecular weight excluding hydrogens is 310 g/mol. The fourth-order valence-electron chi connectivity index (χ4n) is 5.42. The Hall–Kier alpha value is -1.79. The monoisotopic (exact) mass is 337 g/mol. The van der Waals surface area contributed by atoms with Crippen molar-refractivity contribution in [2.45, 2.75) is 51.9 Å². The maximum Gasteiger partial charge on any atom is 0.426 e. The molecule has 7 nitrogen and oxygen atoms in total. The standard InChI is InChI=1S/C17H27N3O4/c1-2-24-16(23)20-19-15(22)10-18-14(21)9-17-6-11-3-12(7-17)5-13(4-11)8-17/h11-13H,2-10H2,1H3,(H,18,21)(H,19,22)(H,20,23). The molecule has 0 unspecified atom stereocenters. The van der Waals surface area contributed by atoms with E-state index in [1.54, 1.807) is 6.92 Å². The molecule has 4 rings (SSSR count). The minimum Gasteiger partial charge on any atom is -0.449 e. The van der Waals surface area contributed by atoms with Gasteiger partial charge in [-0.05, 0) is 68.6 Å². The van der Waals surface area contributed by atoms with E-state index in [0.29, 0.717) is 6.42 Å². The zero-order valence-electron chi connectivity index (χ0n) is 14.2. The fourth-order valence-corrected chi connectivity index (χ4v) is 5.42. The van der Waals surface area contributed by atoms with Crippen molar-refractivity contribution in [2.24, 2.45) is 23.2 Å². The Kier molecular flexibility index (Phi) is 4.96. The van der Waals surface area contributed by atoms with Gasteiger partial charge in [0.2, 0.25) is 5.91 Å². The molecule has 7 heteroatoms. The average Bonchev–Trinajstić information content (AvgIpc) is 2.49. The lowest BCUT2D eigenvalue weighted by atomic mass is 9.49. The number of ether oxygens (including phenoxy) is 1. The van der Waals surface area contributed by atoms with Crippen LogP contribution in [-0.2, 0) is 14.3 Å². The largest absolute Gasteiger partial charge is 0.449 e. The summed E-state index contributed by atoms with van der Waals surface area (Å²) in [5, 5.41) is 2.67. The number of hydrogen-bond donors (Lipinski definition) is 3. The predicted molar refractivity (Wildman–Crippen MR) is 86.5 cm³/mol. The molecule has 134 valence electrons. The maximum absolute atomic E-state index is 12.3. The first-order chi connectivity index (χ1) is 11.5. The molecule has 4 aliphatic carbocycles. The lowest BCUT2D eigenvalue weighted by molar-refractivity contribution is -0.132. The summed E-state index contributed by atoms with van der Waals surface area (Å²) < 4.78 is 4.62.